The van der Waals surface area contributed by atoms with E-state index in [0.29, 0.717) is 32.0 Å². The molecule has 1 atom stereocenters. The average Bonchev–Trinajstić information content (AvgIpc) is 2.98. The first-order valence-corrected chi connectivity index (χ1v) is 8.17. The Morgan fingerprint density at radius 1 is 1.35 bits per heavy atom. The van der Waals surface area contributed by atoms with E-state index in [0.717, 1.165) is 11.3 Å². The van der Waals surface area contributed by atoms with E-state index in [2.05, 4.69) is 10.3 Å². The van der Waals surface area contributed by atoms with Crippen molar-refractivity contribution in [3.8, 4) is 5.75 Å². The van der Waals surface area contributed by atoms with Crippen LogP contribution in [-0.4, -0.2) is 68.8 Å². The topological polar surface area (TPSA) is 40.1 Å². The van der Waals surface area contributed by atoms with Crippen LogP contribution < -0.4 is 10.1 Å². The zero-order chi connectivity index (χ0) is 18.4. The van der Waals surface area contributed by atoms with E-state index in [1.165, 1.54) is 4.90 Å². The van der Waals surface area contributed by atoms with Crippen LogP contribution in [0.25, 0.3) is 0 Å². The number of nitrogens with one attached hydrogen (secondary N) is 1. The molecule has 1 aliphatic heterocycles. The summed E-state index contributed by atoms with van der Waals surface area (Å²) in [6, 6.07) is 7.71. The van der Waals surface area contributed by atoms with Crippen molar-refractivity contribution in [2.24, 2.45) is 4.99 Å². The fraction of sp³-hybridized carbons (Fsp3) is 0.588. The highest BCUT2D eigenvalue weighted by atomic mass is 127. The zero-order valence-electron chi connectivity index (χ0n) is 15.2. The van der Waals surface area contributed by atoms with Gasteiger partial charge in [-0.3, -0.25) is 9.89 Å². The highest BCUT2D eigenvalue weighted by Gasteiger charge is 2.34. The maximum atomic E-state index is 12.5. The SMILES string of the molecule is CN=C(NC1CCN(CC(F)(F)F)C1)N(C)Cc1ccc(OC)cc1.I. The number of nitrogens with zero attached hydrogens (tertiary/aromatic N) is 3. The molecule has 9 heteroatoms. The summed E-state index contributed by atoms with van der Waals surface area (Å²) in [4.78, 5) is 7.62. The Balaban J connectivity index is 0.00000338. The van der Waals surface area contributed by atoms with Crippen LogP contribution in [0, 0.1) is 0 Å². The third-order valence-corrected chi connectivity index (χ3v) is 4.16. The zero-order valence-corrected chi connectivity index (χ0v) is 17.5. The van der Waals surface area contributed by atoms with E-state index < -0.39 is 12.7 Å². The first-order valence-electron chi connectivity index (χ1n) is 8.17. The fourth-order valence-corrected chi connectivity index (χ4v) is 2.96. The number of rotatable bonds is 5. The Morgan fingerprint density at radius 2 is 2.00 bits per heavy atom. The fourth-order valence-electron chi connectivity index (χ4n) is 2.96. The molecule has 0 bridgehead atoms. The van der Waals surface area contributed by atoms with Gasteiger partial charge in [0.2, 0.25) is 0 Å². The summed E-state index contributed by atoms with van der Waals surface area (Å²) >= 11 is 0. The molecule has 1 N–H and O–H groups in total. The number of benzene rings is 1. The molecule has 2 rings (SSSR count). The maximum Gasteiger partial charge on any atom is 0.401 e. The molecule has 0 saturated carbocycles. The van der Waals surface area contributed by atoms with Crippen LogP contribution in [0.1, 0.15) is 12.0 Å². The van der Waals surface area contributed by atoms with E-state index in [4.69, 9.17) is 4.74 Å². The normalized spacial score (nSPS) is 18.4. The van der Waals surface area contributed by atoms with Gasteiger partial charge in [-0.15, -0.1) is 24.0 Å². The van der Waals surface area contributed by atoms with Crippen LogP contribution in [0.2, 0.25) is 0 Å². The lowest BCUT2D eigenvalue weighted by molar-refractivity contribution is -0.143. The Kier molecular flexibility index (Phi) is 8.94. The second-order valence-electron chi connectivity index (χ2n) is 6.23. The van der Waals surface area contributed by atoms with E-state index in [1.807, 2.05) is 36.2 Å². The van der Waals surface area contributed by atoms with Crippen molar-refractivity contribution in [1.29, 1.82) is 0 Å². The van der Waals surface area contributed by atoms with Crippen LogP contribution in [0.4, 0.5) is 13.2 Å². The molecule has 5 nitrogen and oxygen atoms in total. The van der Waals surface area contributed by atoms with Gasteiger partial charge in [0.1, 0.15) is 5.75 Å². The van der Waals surface area contributed by atoms with Gasteiger partial charge in [-0.2, -0.15) is 13.2 Å². The summed E-state index contributed by atoms with van der Waals surface area (Å²) < 4.78 is 42.6. The standard InChI is InChI=1S/C17H25F3N4O.HI/c1-21-16(22-14-8-9-24(11-14)12-17(18,19)20)23(2)10-13-4-6-15(25-3)7-5-13;/h4-7,14H,8-12H2,1-3H3,(H,21,22);1H. The van der Waals surface area contributed by atoms with Gasteiger partial charge in [0.15, 0.2) is 5.96 Å². The molecule has 0 aliphatic carbocycles. The Hall–Kier alpha value is -1.23. The lowest BCUT2D eigenvalue weighted by atomic mass is 10.2. The monoisotopic (exact) mass is 486 g/mol. The number of aliphatic imine (C=N–C) groups is 1. The molecule has 1 aromatic carbocycles. The highest BCUT2D eigenvalue weighted by molar-refractivity contribution is 14.0. The van der Waals surface area contributed by atoms with Crippen molar-refractivity contribution in [3.63, 3.8) is 0 Å². The van der Waals surface area contributed by atoms with Crippen molar-refractivity contribution in [3.05, 3.63) is 29.8 Å². The van der Waals surface area contributed by atoms with Gasteiger partial charge in [0.25, 0.3) is 0 Å². The molecule has 0 spiro atoms. The first kappa shape index (κ1) is 22.8. The van der Waals surface area contributed by atoms with Gasteiger partial charge in [-0.1, -0.05) is 12.1 Å². The molecule has 1 aliphatic rings. The van der Waals surface area contributed by atoms with Gasteiger partial charge < -0.3 is 15.0 Å². The molecule has 26 heavy (non-hydrogen) atoms. The summed E-state index contributed by atoms with van der Waals surface area (Å²) in [5.41, 5.74) is 1.09. The first-order chi connectivity index (χ1) is 11.8. The Bertz CT molecular complexity index is 580. The molecule has 1 unspecified atom stereocenters. The van der Waals surface area contributed by atoms with Gasteiger partial charge >= 0.3 is 6.18 Å². The van der Waals surface area contributed by atoms with Crippen LogP contribution >= 0.6 is 24.0 Å². The van der Waals surface area contributed by atoms with Crippen molar-refractivity contribution < 1.29 is 17.9 Å². The Labute approximate surface area is 169 Å². The highest BCUT2D eigenvalue weighted by Crippen LogP contribution is 2.20. The smallest absolute Gasteiger partial charge is 0.401 e. The summed E-state index contributed by atoms with van der Waals surface area (Å²) in [5.74, 6) is 1.47. The van der Waals surface area contributed by atoms with Gasteiger partial charge in [0, 0.05) is 39.8 Å². The number of hydrogen-bond donors (Lipinski definition) is 1. The number of guanidine groups is 1. The van der Waals surface area contributed by atoms with Crippen molar-refractivity contribution in [1.82, 2.24) is 15.1 Å². The summed E-state index contributed by atoms with van der Waals surface area (Å²) in [5, 5.41) is 3.27. The lowest BCUT2D eigenvalue weighted by Gasteiger charge is -2.25. The minimum absolute atomic E-state index is 0. The second kappa shape index (κ2) is 10.2. The molecule has 0 amide bonds. The van der Waals surface area contributed by atoms with Crippen molar-refractivity contribution in [2.75, 3.05) is 40.8 Å². The number of halogens is 4. The summed E-state index contributed by atoms with van der Waals surface area (Å²) in [6.45, 7) is 0.597. The predicted octanol–water partition coefficient (Wildman–Crippen LogP) is 2.96. The molecular weight excluding hydrogens is 460 g/mol. The molecule has 0 aromatic heterocycles. The van der Waals surface area contributed by atoms with Gasteiger partial charge in [-0.05, 0) is 24.1 Å². The number of ether oxygens (including phenoxy) is 1. The minimum Gasteiger partial charge on any atom is -0.497 e. The largest absolute Gasteiger partial charge is 0.497 e. The molecule has 1 heterocycles. The Morgan fingerprint density at radius 3 is 2.54 bits per heavy atom. The van der Waals surface area contributed by atoms with Crippen LogP contribution in [-0.2, 0) is 6.54 Å². The average molecular weight is 486 g/mol. The summed E-state index contributed by atoms with van der Waals surface area (Å²) in [6.07, 6.45) is -3.48. The van der Waals surface area contributed by atoms with Crippen molar-refractivity contribution in [2.45, 2.75) is 25.2 Å². The number of hydrogen-bond acceptors (Lipinski definition) is 3. The van der Waals surface area contributed by atoms with Crippen LogP contribution in [0.15, 0.2) is 29.3 Å². The van der Waals surface area contributed by atoms with Gasteiger partial charge in [-0.25, -0.2) is 0 Å². The molecular formula is C17H26F3IN4O. The quantitative estimate of drug-likeness (QED) is 0.395. The van der Waals surface area contributed by atoms with Crippen LogP contribution in [0.3, 0.4) is 0 Å². The molecule has 0 radical (unpaired) electrons. The number of methoxy groups -OCH3 is 1. The third kappa shape index (κ3) is 7.18. The second-order valence-corrected chi connectivity index (χ2v) is 6.23. The minimum atomic E-state index is -4.15. The molecule has 148 valence electrons. The van der Waals surface area contributed by atoms with E-state index >= 15 is 0 Å². The predicted molar refractivity (Wildman–Crippen MR) is 107 cm³/mol. The molecule has 1 aromatic rings. The van der Waals surface area contributed by atoms with E-state index in [9.17, 15) is 13.2 Å². The van der Waals surface area contributed by atoms with Gasteiger partial charge in [0.05, 0.1) is 13.7 Å². The lowest BCUT2D eigenvalue weighted by Crippen LogP contribution is -2.45. The molecule has 1 fully saturated rings. The van der Waals surface area contributed by atoms with E-state index in [-0.39, 0.29) is 30.0 Å². The third-order valence-electron chi connectivity index (χ3n) is 4.16. The van der Waals surface area contributed by atoms with E-state index in [1.54, 1.807) is 14.2 Å². The van der Waals surface area contributed by atoms with Crippen LogP contribution in [0.5, 0.6) is 5.75 Å². The maximum absolute atomic E-state index is 12.5. The number of alkyl halides is 3. The van der Waals surface area contributed by atoms with Crippen molar-refractivity contribution >= 4 is 29.9 Å². The molecule has 1 saturated heterocycles. The summed E-state index contributed by atoms with van der Waals surface area (Å²) in [7, 11) is 5.20. The number of likely N-dealkylation sites (tertiary alicyclic amines) is 1.